The van der Waals surface area contributed by atoms with Crippen LogP contribution < -0.4 is 10.1 Å². The Bertz CT molecular complexity index is 563. The standard InChI is InChI=1S/C17H18ClNO/c1-20-17-7-3-2-6-15(17)13-19-12-4-5-14-8-10-16(18)11-9-14/h2-11,19H,12-13H2,1H3/b5-4+. The van der Waals surface area contributed by atoms with Crippen molar-refractivity contribution in [2.45, 2.75) is 6.54 Å². The molecule has 0 spiro atoms. The highest BCUT2D eigenvalue weighted by atomic mass is 35.5. The third-order valence-electron chi connectivity index (χ3n) is 2.95. The number of rotatable bonds is 6. The first kappa shape index (κ1) is 14.6. The van der Waals surface area contributed by atoms with E-state index in [2.05, 4.69) is 23.5 Å². The topological polar surface area (TPSA) is 21.3 Å². The number of benzene rings is 2. The SMILES string of the molecule is COc1ccccc1CNC/C=C/c1ccc(Cl)cc1. The first-order chi connectivity index (χ1) is 9.79. The van der Waals surface area contributed by atoms with Crippen molar-refractivity contribution in [2.75, 3.05) is 13.7 Å². The Morgan fingerprint density at radius 1 is 1.10 bits per heavy atom. The van der Waals surface area contributed by atoms with Crippen LogP contribution in [0.2, 0.25) is 5.02 Å². The van der Waals surface area contributed by atoms with E-state index in [1.807, 2.05) is 42.5 Å². The Morgan fingerprint density at radius 3 is 2.60 bits per heavy atom. The van der Waals surface area contributed by atoms with Crippen molar-refractivity contribution in [1.29, 1.82) is 0 Å². The molecule has 0 radical (unpaired) electrons. The number of para-hydroxylation sites is 1. The first-order valence-corrected chi connectivity index (χ1v) is 6.92. The Morgan fingerprint density at radius 2 is 1.85 bits per heavy atom. The summed E-state index contributed by atoms with van der Waals surface area (Å²) in [5.74, 6) is 0.918. The third kappa shape index (κ3) is 4.41. The molecule has 0 saturated heterocycles. The largest absolute Gasteiger partial charge is 0.496 e. The van der Waals surface area contributed by atoms with Crippen molar-refractivity contribution in [3.63, 3.8) is 0 Å². The summed E-state index contributed by atoms with van der Waals surface area (Å²) in [6.07, 6.45) is 4.17. The van der Waals surface area contributed by atoms with Crippen molar-refractivity contribution in [3.8, 4) is 5.75 Å². The number of methoxy groups -OCH3 is 1. The molecular formula is C17H18ClNO. The first-order valence-electron chi connectivity index (χ1n) is 6.54. The highest BCUT2D eigenvalue weighted by molar-refractivity contribution is 6.30. The van der Waals surface area contributed by atoms with Crippen LogP contribution in [-0.2, 0) is 6.54 Å². The Kier molecular flexibility index (Phi) is 5.66. The van der Waals surface area contributed by atoms with E-state index in [0.717, 1.165) is 35.0 Å². The van der Waals surface area contributed by atoms with Crippen LogP contribution >= 0.6 is 11.6 Å². The molecule has 0 heterocycles. The minimum Gasteiger partial charge on any atom is -0.496 e. The van der Waals surface area contributed by atoms with E-state index < -0.39 is 0 Å². The molecule has 0 amide bonds. The molecule has 104 valence electrons. The number of ether oxygens (including phenoxy) is 1. The van der Waals surface area contributed by atoms with Gasteiger partial charge in [-0.25, -0.2) is 0 Å². The molecule has 0 saturated carbocycles. The van der Waals surface area contributed by atoms with Crippen LogP contribution in [0.3, 0.4) is 0 Å². The second-order valence-corrected chi connectivity index (χ2v) is 4.83. The van der Waals surface area contributed by atoms with Crippen molar-refractivity contribution < 1.29 is 4.74 Å². The maximum atomic E-state index is 5.84. The van der Waals surface area contributed by atoms with Gasteiger partial charge in [-0.15, -0.1) is 0 Å². The van der Waals surface area contributed by atoms with Crippen molar-refractivity contribution >= 4 is 17.7 Å². The molecular weight excluding hydrogens is 270 g/mol. The summed E-state index contributed by atoms with van der Waals surface area (Å²) in [6, 6.07) is 15.8. The summed E-state index contributed by atoms with van der Waals surface area (Å²) in [7, 11) is 1.69. The van der Waals surface area contributed by atoms with E-state index in [1.54, 1.807) is 7.11 Å². The minimum atomic E-state index is 0.761. The molecule has 2 nitrogen and oxygen atoms in total. The highest BCUT2D eigenvalue weighted by Crippen LogP contribution is 2.16. The summed E-state index contributed by atoms with van der Waals surface area (Å²) in [6.45, 7) is 1.59. The van der Waals surface area contributed by atoms with Gasteiger partial charge in [-0.3, -0.25) is 0 Å². The van der Waals surface area contributed by atoms with Gasteiger partial charge in [0, 0.05) is 23.7 Å². The lowest BCUT2D eigenvalue weighted by atomic mass is 10.2. The Balaban J connectivity index is 1.80. The van der Waals surface area contributed by atoms with E-state index in [0.29, 0.717) is 0 Å². The van der Waals surface area contributed by atoms with Crippen molar-refractivity contribution in [3.05, 3.63) is 70.8 Å². The number of halogens is 1. The fraction of sp³-hybridized carbons (Fsp3) is 0.176. The van der Waals surface area contributed by atoms with Gasteiger partial charge in [0.1, 0.15) is 5.75 Å². The van der Waals surface area contributed by atoms with Gasteiger partial charge in [0.2, 0.25) is 0 Å². The smallest absolute Gasteiger partial charge is 0.123 e. The molecule has 2 rings (SSSR count). The lowest BCUT2D eigenvalue weighted by Crippen LogP contribution is -2.13. The van der Waals surface area contributed by atoms with Gasteiger partial charge in [0.05, 0.1) is 7.11 Å². The van der Waals surface area contributed by atoms with Gasteiger partial charge in [-0.05, 0) is 23.8 Å². The fourth-order valence-corrected chi connectivity index (χ4v) is 2.03. The summed E-state index contributed by atoms with van der Waals surface area (Å²) >= 11 is 5.84. The van der Waals surface area contributed by atoms with Crippen LogP contribution in [0.25, 0.3) is 6.08 Å². The average Bonchev–Trinajstić information content (AvgIpc) is 2.49. The normalized spacial score (nSPS) is 10.9. The van der Waals surface area contributed by atoms with Crippen LogP contribution in [0.15, 0.2) is 54.6 Å². The number of hydrogen-bond acceptors (Lipinski definition) is 2. The van der Waals surface area contributed by atoms with E-state index in [1.165, 1.54) is 0 Å². The molecule has 0 unspecified atom stereocenters. The number of nitrogens with one attached hydrogen (secondary N) is 1. The quantitative estimate of drug-likeness (QED) is 0.806. The zero-order valence-electron chi connectivity index (χ0n) is 11.5. The molecule has 2 aromatic carbocycles. The zero-order valence-corrected chi connectivity index (χ0v) is 12.2. The molecule has 0 aliphatic heterocycles. The van der Waals surface area contributed by atoms with Crippen molar-refractivity contribution in [2.24, 2.45) is 0 Å². The maximum absolute atomic E-state index is 5.84. The van der Waals surface area contributed by atoms with Gasteiger partial charge >= 0.3 is 0 Å². The predicted molar refractivity (Wildman–Crippen MR) is 85.2 cm³/mol. The van der Waals surface area contributed by atoms with Gasteiger partial charge in [-0.2, -0.15) is 0 Å². The van der Waals surface area contributed by atoms with Crippen LogP contribution in [0.1, 0.15) is 11.1 Å². The second-order valence-electron chi connectivity index (χ2n) is 4.40. The van der Waals surface area contributed by atoms with Gasteiger partial charge < -0.3 is 10.1 Å². The van der Waals surface area contributed by atoms with Gasteiger partial charge in [-0.1, -0.05) is 54.1 Å². The Hall–Kier alpha value is -1.77. The third-order valence-corrected chi connectivity index (χ3v) is 3.20. The van der Waals surface area contributed by atoms with E-state index in [-0.39, 0.29) is 0 Å². The lowest BCUT2D eigenvalue weighted by molar-refractivity contribution is 0.408. The molecule has 0 atom stereocenters. The molecule has 0 aliphatic rings. The van der Waals surface area contributed by atoms with Gasteiger partial charge in [0.15, 0.2) is 0 Å². The summed E-state index contributed by atoms with van der Waals surface area (Å²) in [5, 5.41) is 4.13. The summed E-state index contributed by atoms with van der Waals surface area (Å²) < 4.78 is 5.31. The minimum absolute atomic E-state index is 0.761. The van der Waals surface area contributed by atoms with Crippen LogP contribution in [0.5, 0.6) is 5.75 Å². The lowest BCUT2D eigenvalue weighted by Gasteiger charge is -2.07. The molecule has 0 aromatic heterocycles. The molecule has 0 aliphatic carbocycles. The van der Waals surface area contributed by atoms with E-state index in [4.69, 9.17) is 16.3 Å². The van der Waals surface area contributed by atoms with Gasteiger partial charge in [0.25, 0.3) is 0 Å². The molecule has 0 bridgehead atoms. The second kappa shape index (κ2) is 7.73. The van der Waals surface area contributed by atoms with Crippen molar-refractivity contribution in [1.82, 2.24) is 5.32 Å². The molecule has 1 N–H and O–H groups in total. The summed E-state index contributed by atoms with van der Waals surface area (Å²) in [5.41, 5.74) is 2.31. The van der Waals surface area contributed by atoms with E-state index in [9.17, 15) is 0 Å². The highest BCUT2D eigenvalue weighted by Gasteiger charge is 1.99. The summed E-state index contributed by atoms with van der Waals surface area (Å²) in [4.78, 5) is 0. The van der Waals surface area contributed by atoms with Crippen LogP contribution in [0, 0.1) is 0 Å². The fourth-order valence-electron chi connectivity index (χ4n) is 1.91. The predicted octanol–water partition coefficient (Wildman–Crippen LogP) is 4.15. The van der Waals surface area contributed by atoms with Crippen LogP contribution in [-0.4, -0.2) is 13.7 Å². The average molecular weight is 288 g/mol. The monoisotopic (exact) mass is 287 g/mol. The molecule has 20 heavy (non-hydrogen) atoms. The van der Waals surface area contributed by atoms with E-state index >= 15 is 0 Å². The molecule has 0 fully saturated rings. The van der Waals surface area contributed by atoms with Crippen LogP contribution in [0.4, 0.5) is 0 Å². The maximum Gasteiger partial charge on any atom is 0.123 e. The Labute approximate surface area is 125 Å². The zero-order chi connectivity index (χ0) is 14.2. The molecule has 2 aromatic rings. The number of hydrogen-bond donors (Lipinski definition) is 1. The molecule has 3 heteroatoms.